The minimum atomic E-state index is -0.451. The maximum absolute atomic E-state index is 10.8. The Morgan fingerprint density at radius 2 is 2.25 bits per heavy atom. The molecule has 1 unspecified atom stereocenters. The van der Waals surface area contributed by atoms with Gasteiger partial charge in [0.25, 0.3) is 0 Å². The van der Waals surface area contributed by atoms with E-state index in [0.717, 1.165) is 6.42 Å². The number of amides is 1. The molecule has 2 N–H and O–H groups in total. The van der Waals surface area contributed by atoms with Gasteiger partial charge in [0.15, 0.2) is 0 Å². The Hall–Kier alpha value is -0.770. The standard InChI is InChI=1S/C8H17NO3/c1-4-8(2,5-6-10)9-7(11)12-3/h10H,4-6H2,1-3H3,(H,9,11). The topological polar surface area (TPSA) is 58.6 Å². The van der Waals surface area contributed by atoms with Crippen molar-refractivity contribution in [1.82, 2.24) is 5.32 Å². The number of aliphatic hydroxyl groups excluding tert-OH is 1. The molecule has 1 atom stereocenters. The smallest absolute Gasteiger partial charge is 0.407 e. The summed E-state index contributed by atoms with van der Waals surface area (Å²) in [5.74, 6) is 0. The highest BCUT2D eigenvalue weighted by molar-refractivity contribution is 5.67. The highest BCUT2D eigenvalue weighted by atomic mass is 16.5. The monoisotopic (exact) mass is 175 g/mol. The van der Waals surface area contributed by atoms with Crippen LogP contribution in [0.15, 0.2) is 0 Å². The van der Waals surface area contributed by atoms with Crippen LogP contribution in [0.3, 0.4) is 0 Å². The minimum Gasteiger partial charge on any atom is -0.453 e. The maximum atomic E-state index is 10.8. The molecule has 0 saturated heterocycles. The maximum Gasteiger partial charge on any atom is 0.407 e. The normalized spacial score (nSPS) is 15.0. The van der Waals surface area contributed by atoms with Gasteiger partial charge in [0.2, 0.25) is 0 Å². The Kier molecular flexibility index (Phi) is 4.66. The molecule has 0 radical (unpaired) electrons. The number of alkyl carbamates (subject to hydrolysis) is 1. The van der Waals surface area contributed by atoms with Crippen LogP contribution in [0.4, 0.5) is 4.79 Å². The fourth-order valence-corrected chi connectivity index (χ4v) is 0.872. The van der Waals surface area contributed by atoms with Crippen molar-refractivity contribution in [2.24, 2.45) is 0 Å². The number of nitrogens with one attached hydrogen (secondary N) is 1. The molecule has 0 spiro atoms. The molecule has 0 aromatic carbocycles. The van der Waals surface area contributed by atoms with E-state index in [9.17, 15) is 4.79 Å². The molecule has 0 aliphatic carbocycles. The number of hydrogen-bond acceptors (Lipinski definition) is 3. The van der Waals surface area contributed by atoms with Crippen molar-refractivity contribution in [2.45, 2.75) is 32.2 Å². The predicted molar refractivity (Wildman–Crippen MR) is 45.9 cm³/mol. The summed E-state index contributed by atoms with van der Waals surface area (Å²) in [7, 11) is 1.32. The quantitative estimate of drug-likeness (QED) is 0.667. The molecule has 0 aliphatic heterocycles. The van der Waals surface area contributed by atoms with Crippen LogP contribution in [-0.2, 0) is 4.74 Å². The Balaban J connectivity index is 4.03. The van der Waals surface area contributed by atoms with Gasteiger partial charge in [-0.25, -0.2) is 4.79 Å². The first-order valence-corrected chi connectivity index (χ1v) is 4.05. The zero-order valence-electron chi connectivity index (χ0n) is 7.89. The number of rotatable bonds is 4. The molecule has 4 nitrogen and oxygen atoms in total. The molecule has 0 rings (SSSR count). The number of hydrogen-bond donors (Lipinski definition) is 2. The summed E-state index contributed by atoms with van der Waals surface area (Å²) in [6.07, 6.45) is 0.856. The number of aliphatic hydroxyl groups is 1. The first-order valence-electron chi connectivity index (χ1n) is 4.05. The Labute approximate surface area is 72.9 Å². The van der Waals surface area contributed by atoms with E-state index in [4.69, 9.17) is 5.11 Å². The summed E-state index contributed by atoms with van der Waals surface area (Å²) in [6, 6.07) is 0. The van der Waals surface area contributed by atoms with Gasteiger partial charge in [0.1, 0.15) is 0 Å². The Bertz CT molecular complexity index is 149. The molecular weight excluding hydrogens is 158 g/mol. The summed E-state index contributed by atoms with van der Waals surface area (Å²) < 4.78 is 4.46. The highest BCUT2D eigenvalue weighted by Gasteiger charge is 2.23. The van der Waals surface area contributed by atoms with Crippen molar-refractivity contribution in [3.63, 3.8) is 0 Å². The fourth-order valence-electron chi connectivity index (χ4n) is 0.872. The van der Waals surface area contributed by atoms with Gasteiger partial charge in [-0.2, -0.15) is 0 Å². The molecule has 0 fully saturated rings. The van der Waals surface area contributed by atoms with Crippen LogP contribution >= 0.6 is 0 Å². The largest absolute Gasteiger partial charge is 0.453 e. The summed E-state index contributed by atoms with van der Waals surface area (Å²) in [5.41, 5.74) is -0.359. The highest BCUT2D eigenvalue weighted by Crippen LogP contribution is 2.13. The average molecular weight is 175 g/mol. The van der Waals surface area contributed by atoms with Crippen molar-refractivity contribution in [3.05, 3.63) is 0 Å². The SMILES string of the molecule is CCC(C)(CCO)NC(=O)OC. The molecule has 0 bridgehead atoms. The average Bonchev–Trinajstić information content (AvgIpc) is 2.05. The van der Waals surface area contributed by atoms with Gasteiger partial charge >= 0.3 is 6.09 Å². The van der Waals surface area contributed by atoms with E-state index >= 15 is 0 Å². The molecule has 0 aliphatic rings. The van der Waals surface area contributed by atoms with Gasteiger partial charge in [0, 0.05) is 12.1 Å². The van der Waals surface area contributed by atoms with Crippen LogP contribution < -0.4 is 5.32 Å². The molecular formula is C8H17NO3. The van der Waals surface area contributed by atoms with Crippen molar-refractivity contribution >= 4 is 6.09 Å². The van der Waals surface area contributed by atoms with E-state index in [1.54, 1.807) is 0 Å². The van der Waals surface area contributed by atoms with Gasteiger partial charge in [0.05, 0.1) is 7.11 Å². The predicted octanol–water partition coefficient (Wildman–Crippen LogP) is 0.894. The number of carbonyl (C=O) groups excluding carboxylic acids is 1. The van der Waals surface area contributed by atoms with E-state index in [0.29, 0.717) is 6.42 Å². The molecule has 1 amide bonds. The van der Waals surface area contributed by atoms with Gasteiger partial charge in [-0.1, -0.05) is 6.92 Å². The van der Waals surface area contributed by atoms with Crippen LogP contribution in [0.25, 0.3) is 0 Å². The second-order valence-electron chi connectivity index (χ2n) is 3.00. The van der Waals surface area contributed by atoms with Crippen LogP contribution in [0.1, 0.15) is 26.7 Å². The lowest BCUT2D eigenvalue weighted by Crippen LogP contribution is -2.46. The molecule has 0 aromatic rings. The lowest BCUT2D eigenvalue weighted by atomic mass is 9.95. The van der Waals surface area contributed by atoms with Crippen molar-refractivity contribution in [2.75, 3.05) is 13.7 Å². The van der Waals surface area contributed by atoms with Crippen molar-refractivity contribution in [1.29, 1.82) is 0 Å². The van der Waals surface area contributed by atoms with Crippen LogP contribution in [-0.4, -0.2) is 30.5 Å². The zero-order valence-corrected chi connectivity index (χ0v) is 7.89. The molecule has 0 heterocycles. The Morgan fingerprint density at radius 3 is 2.58 bits per heavy atom. The van der Waals surface area contributed by atoms with Crippen LogP contribution in [0.2, 0.25) is 0 Å². The second kappa shape index (κ2) is 4.98. The second-order valence-corrected chi connectivity index (χ2v) is 3.00. The summed E-state index contributed by atoms with van der Waals surface area (Å²) in [5, 5.41) is 11.4. The van der Waals surface area contributed by atoms with Crippen LogP contribution in [0.5, 0.6) is 0 Å². The van der Waals surface area contributed by atoms with Gasteiger partial charge in [-0.3, -0.25) is 0 Å². The van der Waals surface area contributed by atoms with E-state index in [2.05, 4.69) is 10.1 Å². The summed E-state index contributed by atoms with van der Waals surface area (Å²) in [4.78, 5) is 10.8. The third kappa shape index (κ3) is 3.57. The molecule has 12 heavy (non-hydrogen) atoms. The summed E-state index contributed by atoms with van der Waals surface area (Å²) >= 11 is 0. The lowest BCUT2D eigenvalue weighted by molar-refractivity contribution is 0.147. The van der Waals surface area contributed by atoms with Crippen molar-refractivity contribution < 1.29 is 14.6 Å². The van der Waals surface area contributed by atoms with Gasteiger partial charge < -0.3 is 15.2 Å². The van der Waals surface area contributed by atoms with E-state index in [1.165, 1.54) is 7.11 Å². The third-order valence-corrected chi connectivity index (χ3v) is 2.03. The van der Waals surface area contributed by atoms with Crippen LogP contribution in [0, 0.1) is 0 Å². The number of carbonyl (C=O) groups is 1. The lowest BCUT2D eigenvalue weighted by Gasteiger charge is -2.27. The van der Waals surface area contributed by atoms with Crippen molar-refractivity contribution in [3.8, 4) is 0 Å². The first kappa shape index (κ1) is 11.2. The molecule has 0 saturated carbocycles. The number of ether oxygens (including phenoxy) is 1. The summed E-state index contributed by atoms with van der Waals surface area (Å²) in [6.45, 7) is 3.89. The van der Waals surface area contributed by atoms with Gasteiger partial charge in [-0.05, 0) is 19.8 Å². The fraction of sp³-hybridized carbons (Fsp3) is 0.875. The van der Waals surface area contributed by atoms with Gasteiger partial charge in [-0.15, -0.1) is 0 Å². The zero-order chi connectivity index (χ0) is 9.61. The molecule has 0 aromatic heterocycles. The molecule has 72 valence electrons. The Morgan fingerprint density at radius 1 is 1.67 bits per heavy atom. The first-order chi connectivity index (χ1) is 5.58. The van der Waals surface area contributed by atoms with E-state index < -0.39 is 6.09 Å². The minimum absolute atomic E-state index is 0.0638. The van der Waals surface area contributed by atoms with E-state index in [1.807, 2.05) is 13.8 Å². The number of methoxy groups -OCH3 is 1. The van der Waals surface area contributed by atoms with E-state index in [-0.39, 0.29) is 12.1 Å². The molecule has 4 heteroatoms. The third-order valence-electron chi connectivity index (χ3n) is 2.03.